The van der Waals surface area contributed by atoms with Crippen molar-refractivity contribution < 1.29 is 4.79 Å². The lowest BCUT2D eigenvalue weighted by molar-refractivity contribution is 0.0985. The van der Waals surface area contributed by atoms with Gasteiger partial charge in [-0.25, -0.2) is 4.98 Å². The van der Waals surface area contributed by atoms with E-state index in [0.717, 1.165) is 27.2 Å². The van der Waals surface area contributed by atoms with Crippen LogP contribution in [0.15, 0.2) is 60.8 Å². The first kappa shape index (κ1) is 20.0. The predicted octanol–water partition coefficient (Wildman–Crippen LogP) is 5.22. The summed E-state index contributed by atoms with van der Waals surface area (Å²) < 4.78 is 1.12. The quantitative estimate of drug-likeness (QED) is 0.447. The molecular formula is C24H24N4OS. The van der Waals surface area contributed by atoms with Gasteiger partial charge in [0.1, 0.15) is 0 Å². The summed E-state index contributed by atoms with van der Waals surface area (Å²) in [4.78, 5) is 26.5. The van der Waals surface area contributed by atoms with Crippen LogP contribution in [0, 0.1) is 13.8 Å². The van der Waals surface area contributed by atoms with Crippen LogP contribution < -0.4 is 9.80 Å². The molecule has 0 fully saturated rings. The normalized spacial score (nSPS) is 10.9. The molecule has 0 aliphatic carbocycles. The minimum Gasteiger partial charge on any atom is -0.378 e. The van der Waals surface area contributed by atoms with Gasteiger partial charge in [-0.3, -0.25) is 14.7 Å². The van der Waals surface area contributed by atoms with E-state index >= 15 is 0 Å². The molecule has 2 aromatic carbocycles. The van der Waals surface area contributed by atoms with Crippen molar-refractivity contribution in [1.82, 2.24) is 9.97 Å². The Balaban J connectivity index is 1.77. The van der Waals surface area contributed by atoms with Crippen molar-refractivity contribution in [3.8, 4) is 0 Å². The number of carbonyl (C=O) groups is 1. The summed E-state index contributed by atoms with van der Waals surface area (Å²) in [6.07, 6.45) is 1.75. The van der Waals surface area contributed by atoms with Crippen LogP contribution in [0.25, 0.3) is 10.2 Å². The summed E-state index contributed by atoms with van der Waals surface area (Å²) in [6.45, 7) is 4.50. The molecule has 6 heteroatoms. The molecular weight excluding hydrogens is 392 g/mol. The molecule has 0 aliphatic heterocycles. The molecule has 0 atom stereocenters. The lowest BCUT2D eigenvalue weighted by Gasteiger charge is -2.20. The molecule has 152 valence electrons. The van der Waals surface area contributed by atoms with Crippen molar-refractivity contribution in [2.24, 2.45) is 0 Å². The van der Waals surface area contributed by atoms with Crippen LogP contribution in [0.1, 0.15) is 27.2 Å². The zero-order valence-corrected chi connectivity index (χ0v) is 18.4. The van der Waals surface area contributed by atoms with E-state index in [-0.39, 0.29) is 5.91 Å². The zero-order valence-electron chi connectivity index (χ0n) is 17.6. The van der Waals surface area contributed by atoms with E-state index in [9.17, 15) is 4.79 Å². The van der Waals surface area contributed by atoms with Gasteiger partial charge in [0.25, 0.3) is 5.91 Å². The highest BCUT2D eigenvalue weighted by Gasteiger charge is 2.23. The summed E-state index contributed by atoms with van der Waals surface area (Å²) in [5.41, 5.74) is 5.73. The number of pyridine rings is 1. The summed E-state index contributed by atoms with van der Waals surface area (Å²) in [5.74, 6) is -0.0830. The van der Waals surface area contributed by atoms with Crippen molar-refractivity contribution in [3.05, 3.63) is 83.2 Å². The number of aromatic nitrogens is 2. The first-order valence-electron chi connectivity index (χ1n) is 9.80. The molecule has 0 saturated carbocycles. The molecule has 0 radical (unpaired) electrons. The second-order valence-corrected chi connectivity index (χ2v) is 8.50. The van der Waals surface area contributed by atoms with Crippen LogP contribution in [-0.2, 0) is 6.54 Å². The molecule has 2 aromatic heterocycles. The summed E-state index contributed by atoms with van der Waals surface area (Å²) in [5, 5.41) is 0.690. The van der Waals surface area contributed by atoms with Gasteiger partial charge in [-0.15, -0.1) is 0 Å². The molecule has 0 spiro atoms. The van der Waals surface area contributed by atoms with Gasteiger partial charge in [-0.05, 0) is 61.4 Å². The molecule has 0 saturated heterocycles. The Bertz CT molecular complexity index is 1140. The molecule has 4 rings (SSSR count). The standard InChI is InChI=1S/C24H24N4OS/c1-16-8-9-17(2)22-21(16)26-24(30-22)28(15-19-7-5-6-14-25-19)23(29)18-10-12-20(13-11-18)27(3)4/h5-14H,15H2,1-4H3. The molecule has 0 bridgehead atoms. The second kappa shape index (κ2) is 8.24. The highest BCUT2D eigenvalue weighted by molar-refractivity contribution is 7.22. The number of fused-ring (bicyclic) bond motifs is 1. The van der Waals surface area contributed by atoms with Crippen LogP contribution in [0.2, 0.25) is 0 Å². The largest absolute Gasteiger partial charge is 0.378 e. The summed E-state index contributed by atoms with van der Waals surface area (Å²) in [7, 11) is 3.96. The Morgan fingerprint density at radius 3 is 2.33 bits per heavy atom. The lowest BCUT2D eigenvalue weighted by Crippen LogP contribution is -2.30. The van der Waals surface area contributed by atoms with Gasteiger partial charge in [0.2, 0.25) is 0 Å². The lowest BCUT2D eigenvalue weighted by atomic mass is 10.1. The third kappa shape index (κ3) is 3.91. The van der Waals surface area contributed by atoms with Crippen LogP contribution >= 0.6 is 11.3 Å². The van der Waals surface area contributed by atoms with Crippen LogP contribution in [-0.4, -0.2) is 30.0 Å². The Morgan fingerprint density at radius 2 is 1.70 bits per heavy atom. The highest BCUT2D eigenvalue weighted by atomic mass is 32.1. The first-order valence-corrected chi connectivity index (χ1v) is 10.6. The van der Waals surface area contributed by atoms with E-state index in [1.807, 2.05) is 61.5 Å². The van der Waals surface area contributed by atoms with Gasteiger partial charge in [0.05, 0.1) is 22.5 Å². The van der Waals surface area contributed by atoms with Crippen molar-refractivity contribution >= 4 is 38.3 Å². The maximum atomic E-state index is 13.5. The van der Waals surface area contributed by atoms with Gasteiger partial charge < -0.3 is 4.90 Å². The van der Waals surface area contributed by atoms with E-state index in [4.69, 9.17) is 4.98 Å². The monoisotopic (exact) mass is 416 g/mol. The fraction of sp³-hybridized carbons (Fsp3) is 0.208. The SMILES string of the molecule is Cc1ccc(C)c2sc(N(Cc3ccccn3)C(=O)c3ccc(N(C)C)cc3)nc12. The summed E-state index contributed by atoms with van der Waals surface area (Å²) in [6, 6.07) is 17.6. The predicted molar refractivity (Wildman–Crippen MR) is 125 cm³/mol. The van der Waals surface area contributed by atoms with Gasteiger partial charge in [-0.1, -0.05) is 29.5 Å². The van der Waals surface area contributed by atoms with Gasteiger partial charge in [0, 0.05) is 31.5 Å². The first-order chi connectivity index (χ1) is 14.4. The maximum absolute atomic E-state index is 13.5. The Labute approximate surface area is 180 Å². The van der Waals surface area contributed by atoms with E-state index < -0.39 is 0 Å². The fourth-order valence-corrected chi connectivity index (χ4v) is 4.41. The molecule has 0 aliphatic rings. The van der Waals surface area contributed by atoms with Gasteiger partial charge in [0.15, 0.2) is 5.13 Å². The number of thiazole rings is 1. The zero-order chi connectivity index (χ0) is 21.3. The van der Waals surface area contributed by atoms with E-state index in [2.05, 4.69) is 31.0 Å². The topological polar surface area (TPSA) is 49.3 Å². The number of anilines is 2. The molecule has 5 nitrogen and oxygen atoms in total. The maximum Gasteiger partial charge on any atom is 0.260 e. The van der Waals surface area contributed by atoms with Gasteiger partial charge in [-0.2, -0.15) is 0 Å². The van der Waals surface area contributed by atoms with E-state index in [1.54, 1.807) is 22.4 Å². The number of carbonyl (C=O) groups excluding carboxylic acids is 1. The van der Waals surface area contributed by atoms with Crippen molar-refractivity contribution in [1.29, 1.82) is 0 Å². The van der Waals surface area contributed by atoms with Crippen molar-refractivity contribution in [2.75, 3.05) is 23.9 Å². The minimum atomic E-state index is -0.0830. The number of hydrogen-bond donors (Lipinski definition) is 0. The third-order valence-corrected chi connectivity index (χ3v) is 6.30. The van der Waals surface area contributed by atoms with E-state index in [1.165, 1.54) is 5.56 Å². The highest BCUT2D eigenvalue weighted by Crippen LogP contribution is 2.34. The molecule has 2 heterocycles. The fourth-order valence-electron chi connectivity index (χ4n) is 3.30. The van der Waals surface area contributed by atoms with Crippen LogP contribution in [0.3, 0.4) is 0 Å². The molecule has 30 heavy (non-hydrogen) atoms. The number of aryl methyl sites for hydroxylation is 2. The van der Waals surface area contributed by atoms with Crippen molar-refractivity contribution in [3.63, 3.8) is 0 Å². The number of nitrogens with zero attached hydrogens (tertiary/aromatic N) is 4. The number of rotatable bonds is 5. The Hall–Kier alpha value is -3.25. The Morgan fingerprint density at radius 1 is 0.967 bits per heavy atom. The molecule has 4 aromatic rings. The average molecular weight is 417 g/mol. The van der Waals surface area contributed by atoms with Crippen LogP contribution in [0.4, 0.5) is 10.8 Å². The molecule has 1 amide bonds. The van der Waals surface area contributed by atoms with E-state index in [0.29, 0.717) is 17.2 Å². The number of amides is 1. The Kier molecular flexibility index (Phi) is 5.50. The van der Waals surface area contributed by atoms with Crippen LogP contribution in [0.5, 0.6) is 0 Å². The third-order valence-electron chi connectivity index (χ3n) is 5.08. The molecule has 0 N–H and O–H groups in total. The smallest absolute Gasteiger partial charge is 0.260 e. The average Bonchev–Trinajstić information content (AvgIpc) is 3.21. The second-order valence-electron chi connectivity index (χ2n) is 7.53. The van der Waals surface area contributed by atoms with Gasteiger partial charge >= 0.3 is 0 Å². The molecule has 0 unspecified atom stereocenters. The van der Waals surface area contributed by atoms with Crippen molar-refractivity contribution in [2.45, 2.75) is 20.4 Å². The minimum absolute atomic E-state index is 0.0830. The number of benzene rings is 2. The summed E-state index contributed by atoms with van der Waals surface area (Å²) >= 11 is 1.55. The number of hydrogen-bond acceptors (Lipinski definition) is 5.